The fraction of sp³-hybridized carbons (Fsp3) is 0.600. The minimum atomic E-state index is 0.815. The third-order valence-corrected chi connectivity index (χ3v) is 3.89. The summed E-state index contributed by atoms with van der Waals surface area (Å²) >= 11 is 0. The van der Waals surface area contributed by atoms with Gasteiger partial charge in [0.2, 0.25) is 0 Å². The Kier molecular flexibility index (Phi) is 4.06. The van der Waals surface area contributed by atoms with Gasteiger partial charge in [-0.2, -0.15) is 0 Å². The van der Waals surface area contributed by atoms with Gasteiger partial charge in [-0.05, 0) is 56.5 Å². The summed E-state index contributed by atoms with van der Waals surface area (Å²) in [4.78, 5) is 2.55. The van der Waals surface area contributed by atoms with Crippen molar-refractivity contribution in [3.63, 3.8) is 0 Å². The summed E-state index contributed by atoms with van der Waals surface area (Å²) in [5.41, 5.74) is 4.28. The fourth-order valence-corrected chi connectivity index (χ4v) is 2.64. The predicted molar refractivity (Wildman–Crippen MR) is 74.8 cm³/mol. The quantitative estimate of drug-likeness (QED) is 0.858. The first-order valence-corrected chi connectivity index (χ1v) is 6.74. The Hall–Kier alpha value is -1.02. The van der Waals surface area contributed by atoms with Crippen molar-refractivity contribution >= 4 is 5.69 Å². The zero-order valence-electron chi connectivity index (χ0n) is 11.3. The Labute approximate surface area is 105 Å². The van der Waals surface area contributed by atoms with Crippen LogP contribution in [0, 0.1) is 19.8 Å². The first-order chi connectivity index (χ1) is 8.22. The van der Waals surface area contributed by atoms with Gasteiger partial charge in [-0.15, -0.1) is 0 Å². The molecule has 94 valence electrons. The van der Waals surface area contributed by atoms with Gasteiger partial charge in [0, 0.05) is 18.8 Å². The molecule has 1 aliphatic rings. The zero-order valence-corrected chi connectivity index (χ0v) is 11.3. The number of rotatable bonds is 4. The Morgan fingerprint density at radius 3 is 2.94 bits per heavy atom. The van der Waals surface area contributed by atoms with Crippen LogP contribution in [0.2, 0.25) is 0 Å². The highest BCUT2D eigenvalue weighted by atomic mass is 15.2. The lowest BCUT2D eigenvalue weighted by Gasteiger charge is -2.22. The Bertz CT molecular complexity index is 373. The van der Waals surface area contributed by atoms with Crippen LogP contribution in [0.5, 0.6) is 0 Å². The van der Waals surface area contributed by atoms with E-state index in [2.05, 4.69) is 49.2 Å². The number of anilines is 1. The van der Waals surface area contributed by atoms with Gasteiger partial charge in [-0.25, -0.2) is 0 Å². The zero-order chi connectivity index (χ0) is 12.3. The van der Waals surface area contributed by atoms with E-state index in [1.165, 1.54) is 36.3 Å². The predicted octanol–water partition coefficient (Wildman–Crippen LogP) is 2.74. The number of hydrogen-bond acceptors (Lipinski definition) is 2. The molecule has 2 rings (SSSR count). The molecule has 2 nitrogen and oxygen atoms in total. The maximum Gasteiger partial charge on any atom is 0.0398 e. The molecule has 17 heavy (non-hydrogen) atoms. The van der Waals surface area contributed by atoms with E-state index in [4.69, 9.17) is 0 Å². The average Bonchev–Trinajstić information content (AvgIpc) is 2.78. The van der Waals surface area contributed by atoms with Crippen LogP contribution in [-0.4, -0.2) is 26.2 Å². The summed E-state index contributed by atoms with van der Waals surface area (Å²) in [7, 11) is 0. The van der Waals surface area contributed by atoms with Gasteiger partial charge >= 0.3 is 0 Å². The van der Waals surface area contributed by atoms with Crippen LogP contribution < -0.4 is 10.2 Å². The van der Waals surface area contributed by atoms with E-state index in [1.54, 1.807) is 0 Å². The maximum absolute atomic E-state index is 3.46. The minimum Gasteiger partial charge on any atom is -0.371 e. The molecule has 1 fully saturated rings. The van der Waals surface area contributed by atoms with Crippen molar-refractivity contribution in [1.82, 2.24) is 5.32 Å². The normalized spacial score (nSPS) is 19.9. The smallest absolute Gasteiger partial charge is 0.0398 e. The molecule has 0 radical (unpaired) electrons. The van der Waals surface area contributed by atoms with E-state index < -0.39 is 0 Å². The summed E-state index contributed by atoms with van der Waals surface area (Å²) in [6.07, 6.45) is 1.32. The second kappa shape index (κ2) is 5.54. The number of benzene rings is 1. The molecule has 1 N–H and O–H groups in total. The molecule has 0 saturated carbocycles. The number of aryl methyl sites for hydroxylation is 1. The van der Waals surface area contributed by atoms with E-state index >= 15 is 0 Å². The Morgan fingerprint density at radius 1 is 1.35 bits per heavy atom. The standard InChI is InChI=1S/C15H24N2/c1-4-16-10-14-8-9-17(11-14)15-7-5-6-12(2)13(15)3/h5-7,14,16H,4,8-11H2,1-3H3. The summed E-state index contributed by atoms with van der Waals surface area (Å²) < 4.78 is 0. The number of nitrogens with one attached hydrogen (secondary N) is 1. The first-order valence-electron chi connectivity index (χ1n) is 6.74. The lowest BCUT2D eigenvalue weighted by molar-refractivity contribution is 0.528. The molecular weight excluding hydrogens is 208 g/mol. The first kappa shape index (κ1) is 12.4. The Morgan fingerprint density at radius 2 is 2.18 bits per heavy atom. The molecule has 1 aromatic rings. The summed E-state index contributed by atoms with van der Waals surface area (Å²) in [6, 6.07) is 6.64. The molecule has 1 atom stereocenters. The molecule has 1 aliphatic heterocycles. The van der Waals surface area contributed by atoms with Crippen molar-refractivity contribution in [2.45, 2.75) is 27.2 Å². The van der Waals surface area contributed by atoms with Crippen LogP contribution in [0.1, 0.15) is 24.5 Å². The second-order valence-electron chi connectivity index (χ2n) is 5.13. The third kappa shape index (κ3) is 2.81. The minimum absolute atomic E-state index is 0.815. The van der Waals surface area contributed by atoms with Gasteiger partial charge in [0.15, 0.2) is 0 Å². The van der Waals surface area contributed by atoms with Gasteiger partial charge in [0.1, 0.15) is 0 Å². The number of hydrogen-bond donors (Lipinski definition) is 1. The van der Waals surface area contributed by atoms with Crippen LogP contribution >= 0.6 is 0 Å². The summed E-state index contributed by atoms with van der Waals surface area (Å²) in [5, 5.41) is 3.46. The summed E-state index contributed by atoms with van der Waals surface area (Å²) in [6.45, 7) is 11.3. The molecule has 0 bridgehead atoms. The molecule has 0 aromatic heterocycles. The van der Waals surface area contributed by atoms with Crippen LogP contribution in [-0.2, 0) is 0 Å². The molecule has 1 heterocycles. The average molecular weight is 232 g/mol. The second-order valence-corrected chi connectivity index (χ2v) is 5.13. The van der Waals surface area contributed by atoms with E-state index in [0.29, 0.717) is 0 Å². The fourth-order valence-electron chi connectivity index (χ4n) is 2.64. The SMILES string of the molecule is CCNCC1CCN(c2cccc(C)c2C)C1. The largest absolute Gasteiger partial charge is 0.371 e. The van der Waals surface area contributed by atoms with E-state index in [9.17, 15) is 0 Å². The van der Waals surface area contributed by atoms with Crippen LogP contribution in [0.3, 0.4) is 0 Å². The molecule has 0 spiro atoms. The van der Waals surface area contributed by atoms with Gasteiger partial charge in [-0.1, -0.05) is 19.1 Å². The molecular formula is C15H24N2. The molecule has 2 heteroatoms. The molecule has 1 aromatic carbocycles. The maximum atomic E-state index is 3.46. The van der Waals surface area contributed by atoms with E-state index in [0.717, 1.165) is 19.0 Å². The van der Waals surface area contributed by atoms with Gasteiger partial charge in [0.25, 0.3) is 0 Å². The van der Waals surface area contributed by atoms with Crippen molar-refractivity contribution in [3.05, 3.63) is 29.3 Å². The van der Waals surface area contributed by atoms with Crippen molar-refractivity contribution in [2.24, 2.45) is 5.92 Å². The molecule has 0 amide bonds. The molecule has 1 saturated heterocycles. The highest BCUT2D eigenvalue weighted by Gasteiger charge is 2.23. The highest BCUT2D eigenvalue weighted by Crippen LogP contribution is 2.28. The molecule has 0 aliphatic carbocycles. The van der Waals surface area contributed by atoms with Crippen LogP contribution in [0.25, 0.3) is 0 Å². The van der Waals surface area contributed by atoms with Crippen molar-refractivity contribution in [2.75, 3.05) is 31.1 Å². The van der Waals surface area contributed by atoms with Gasteiger partial charge in [-0.3, -0.25) is 0 Å². The lowest BCUT2D eigenvalue weighted by Crippen LogP contribution is -2.26. The van der Waals surface area contributed by atoms with Crippen LogP contribution in [0.4, 0.5) is 5.69 Å². The van der Waals surface area contributed by atoms with Crippen molar-refractivity contribution < 1.29 is 0 Å². The molecule has 1 unspecified atom stereocenters. The van der Waals surface area contributed by atoms with E-state index in [1.807, 2.05) is 0 Å². The lowest BCUT2D eigenvalue weighted by atomic mass is 10.1. The monoisotopic (exact) mass is 232 g/mol. The van der Waals surface area contributed by atoms with Crippen molar-refractivity contribution in [1.29, 1.82) is 0 Å². The van der Waals surface area contributed by atoms with Crippen LogP contribution in [0.15, 0.2) is 18.2 Å². The Balaban J connectivity index is 2.02. The van der Waals surface area contributed by atoms with Gasteiger partial charge in [0.05, 0.1) is 0 Å². The van der Waals surface area contributed by atoms with Gasteiger partial charge < -0.3 is 10.2 Å². The highest BCUT2D eigenvalue weighted by molar-refractivity contribution is 5.56. The number of nitrogens with zero attached hydrogens (tertiary/aromatic N) is 1. The topological polar surface area (TPSA) is 15.3 Å². The van der Waals surface area contributed by atoms with E-state index in [-0.39, 0.29) is 0 Å². The van der Waals surface area contributed by atoms with Crippen molar-refractivity contribution in [3.8, 4) is 0 Å². The summed E-state index contributed by atoms with van der Waals surface area (Å²) in [5.74, 6) is 0.815. The third-order valence-electron chi connectivity index (χ3n) is 3.89.